The van der Waals surface area contributed by atoms with Gasteiger partial charge in [0.25, 0.3) is 10.0 Å². The third kappa shape index (κ3) is 2.77. The van der Waals surface area contributed by atoms with Gasteiger partial charge in [0.05, 0.1) is 12.7 Å². The number of nitrogens with one attached hydrogen (secondary N) is 2. The van der Waals surface area contributed by atoms with Crippen LogP contribution < -0.4 is 4.72 Å². The van der Waals surface area contributed by atoms with Gasteiger partial charge in [0.15, 0.2) is 10.9 Å². The van der Waals surface area contributed by atoms with Crippen molar-refractivity contribution in [3.05, 3.63) is 23.9 Å². The summed E-state index contributed by atoms with van der Waals surface area (Å²) in [5, 5.41) is 17.8. The van der Waals surface area contributed by atoms with E-state index in [1.165, 1.54) is 11.0 Å². The molecular formula is C8H10N6O4S. The van der Waals surface area contributed by atoms with E-state index < -0.39 is 26.6 Å². The highest BCUT2D eigenvalue weighted by atomic mass is 32.2. The van der Waals surface area contributed by atoms with Crippen LogP contribution in [0.5, 0.6) is 0 Å². The van der Waals surface area contributed by atoms with Crippen LogP contribution in [0.2, 0.25) is 0 Å². The lowest BCUT2D eigenvalue weighted by Crippen LogP contribution is -2.25. The Morgan fingerprint density at radius 1 is 1.58 bits per heavy atom. The van der Waals surface area contributed by atoms with Crippen molar-refractivity contribution < 1.29 is 18.3 Å². The molecule has 0 aromatic carbocycles. The van der Waals surface area contributed by atoms with E-state index in [2.05, 4.69) is 25.0 Å². The quantitative estimate of drug-likeness (QED) is 0.620. The molecule has 0 aliphatic carbocycles. The van der Waals surface area contributed by atoms with Crippen molar-refractivity contribution in [1.82, 2.24) is 29.7 Å². The second-order valence-corrected chi connectivity index (χ2v) is 5.28. The summed E-state index contributed by atoms with van der Waals surface area (Å²) in [6, 6.07) is 0. The molecule has 0 unspecified atom stereocenters. The zero-order valence-electron chi connectivity index (χ0n) is 9.73. The molecule has 2 rings (SSSR count). The summed E-state index contributed by atoms with van der Waals surface area (Å²) in [5.74, 6) is -1.12. The molecule has 19 heavy (non-hydrogen) atoms. The van der Waals surface area contributed by atoms with Crippen LogP contribution in [-0.4, -0.2) is 44.5 Å². The van der Waals surface area contributed by atoms with E-state index in [-0.39, 0.29) is 12.4 Å². The van der Waals surface area contributed by atoms with Crippen molar-refractivity contribution in [3.8, 4) is 0 Å². The van der Waals surface area contributed by atoms with Gasteiger partial charge in [-0.1, -0.05) is 0 Å². The number of sulfonamides is 1. The Balaban J connectivity index is 2.18. The largest absolute Gasteiger partial charge is 0.478 e. The first-order valence-corrected chi connectivity index (χ1v) is 6.49. The van der Waals surface area contributed by atoms with E-state index >= 15 is 0 Å². The predicted octanol–water partition coefficient (Wildman–Crippen LogP) is -1.29. The molecule has 2 heterocycles. The van der Waals surface area contributed by atoms with E-state index in [9.17, 15) is 13.2 Å². The standard InChI is InChI=1S/C8H10N6O4S/c1-14-4-9-6(13-14)3-11-19(17,18)7-5(8(15)16)2-10-12-7/h2,4,11H,3H2,1H3,(H,10,12)(H,15,16). The highest BCUT2D eigenvalue weighted by molar-refractivity contribution is 7.89. The fourth-order valence-electron chi connectivity index (χ4n) is 1.33. The average Bonchev–Trinajstić information content (AvgIpc) is 2.94. The number of carboxylic acid groups (broad SMARTS) is 1. The van der Waals surface area contributed by atoms with Gasteiger partial charge in [-0.25, -0.2) is 22.9 Å². The number of rotatable bonds is 5. The van der Waals surface area contributed by atoms with Gasteiger partial charge in [-0.3, -0.25) is 9.78 Å². The fraction of sp³-hybridized carbons (Fsp3) is 0.250. The smallest absolute Gasteiger partial charge is 0.340 e. The van der Waals surface area contributed by atoms with Crippen LogP contribution in [0.1, 0.15) is 16.2 Å². The number of aromatic carboxylic acids is 1. The molecule has 0 spiro atoms. The van der Waals surface area contributed by atoms with Crippen LogP contribution in [0.15, 0.2) is 17.6 Å². The molecule has 2 aromatic rings. The zero-order chi connectivity index (χ0) is 14.0. The number of H-pyrrole nitrogens is 1. The maximum atomic E-state index is 11.9. The van der Waals surface area contributed by atoms with Crippen LogP contribution >= 0.6 is 0 Å². The van der Waals surface area contributed by atoms with Crippen molar-refractivity contribution in [2.75, 3.05) is 0 Å². The minimum Gasteiger partial charge on any atom is -0.478 e. The molecule has 0 fully saturated rings. The minimum atomic E-state index is -4.02. The van der Waals surface area contributed by atoms with Crippen molar-refractivity contribution in [3.63, 3.8) is 0 Å². The average molecular weight is 286 g/mol. The second-order valence-electron chi connectivity index (χ2n) is 3.58. The Morgan fingerprint density at radius 3 is 2.89 bits per heavy atom. The van der Waals surface area contributed by atoms with Crippen molar-refractivity contribution in [2.45, 2.75) is 11.6 Å². The number of aromatic amines is 1. The normalized spacial score (nSPS) is 11.6. The molecule has 0 aliphatic rings. The van der Waals surface area contributed by atoms with Gasteiger partial charge in [-0.05, 0) is 0 Å². The van der Waals surface area contributed by atoms with E-state index in [0.29, 0.717) is 0 Å². The number of aromatic nitrogens is 5. The molecule has 0 aliphatic heterocycles. The molecule has 0 saturated carbocycles. The van der Waals surface area contributed by atoms with Gasteiger partial charge >= 0.3 is 5.97 Å². The summed E-state index contributed by atoms with van der Waals surface area (Å²) in [6.45, 7) is -0.152. The molecule has 0 bridgehead atoms. The van der Waals surface area contributed by atoms with Crippen molar-refractivity contribution in [2.24, 2.45) is 7.05 Å². The Bertz CT molecular complexity index is 702. The lowest BCUT2D eigenvalue weighted by atomic mass is 10.4. The second kappa shape index (κ2) is 4.78. The summed E-state index contributed by atoms with van der Waals surface area (Å²) in [6.07, 6.45) is 2.35. The number of carboxylic acids is 1. The van der Waals surface area contributed by atoms with E-state index in [1.807, 2.05) is 0 Å². The monoisotopic (exact) mass is 286 g/mol. The maximum Gasteiger partial charge on any atom is 0.340 e. The summed E-state index contributed by atoms with van der Waals surface area (Å²) in [4.78, 5) is 14.7. The molecule has 10 nitrogen and oxygen atoms in total. The van der Waals surface area contributed by atoms with Gasteiger partial charge in [0, 0.05) is 7.05 Å². The highest BCUT2D eigenvalue weighted by Gasteiger charge is 2.24. The Hall–Kier alpha value is -2.27. The van der Waals surface area contributed by atoms with Crippen LogP contribution in [-0.2, 0) is 23.6 Å². The molecule has 102 valence electrons. The first-order chi connectivity index (χ1) is 8.90. The number of nitrogens with zero attached hydrogens (tertiary/aromatic N) is 4. The lowest BCUT2D eigenvalue weighted by Gasteiger charge is -2.03. The van der Waals surface area contributed by atoms with Gasteiger partial charge in [0.1, 0.15) is 11.9 Å². The van der Waals surface area contributed by atoms with Crippen LogP contribution in [0.3, 0.4) is 0 Å². The first kappa shape index (κ1) is 13.2. The van der Waals surface area contributed by atoms with Crippen LogP contribution in [0.4, 0.5) is 0 Å². The number of aryl methyl sites for hydroxylation is 1. The number of hydrogen-bond donors (Lipinski definition) is 3. The van der Waals surface area contributed by atoms with Crippen molar-refractivity contribution >= 4 is 16.0 Å². The molecule has 2 aromatic heterocycles. The third-order valence-corrected chi connectivity index (χ3v) is 3.54. The Morgan fingerprint density at radius 2 is 2.32 bits per heavy atom. The number of carbonyl (C=O) groups is 1. The van der Waals surface area contributed by atoms with Gasteiger partial charge in [0.2, 0.25) is 0 Å². The summed E-state index contributed by atoms with van der Waals surface area (Å²) in [5.41, 5.74) is -0.429. The highest BCUT2D eigenvalue weighted by Crippen LogP contribution is 2.11. The molecular weight excluding hydrogens is 276 g/mol. The maximum absolute atomic E-state index is 11.9. The zero-order valence-corrected chi connectivity index (χ0v) is 10.5. The van der Waals surface area contributed by atoms with E-state index in [4.69, 9.17) is 5.11 Å². The van der Waals surface area contributed by atoms with Crippen LogP contribution in [0, 0.1) is 0 Å². The van der Waals surface area contributed by atoms with Gasteiger partial charge < -0.3 is 5.11 Å². The van der Waals surface area contributed by atoms with Crippen LogP contribution in [0.25, 0.3) is 0 Å². The molecule has 0 radical (unpaired) electrons. The topological polar surface area (TPSA) is 143 Å². The SMILES string of the molecule is Cn1cnc(CNS(=O)(=O)c2[nH]ncc2C(=O)O)n1. The van der Waals surface area contributed by atoms with Gasteiger partial charge in [-0.2, -0.15) is 10.2 Å². The molecule has 11 heteroatoms. The Kier molecular flexibility index (Phi) is 3.31. The fourth-order valence-corrected chi connectivity index (χ4v) is 2.39. The summed E-state index contributed by atoms with van der Waals surface area (Å²) >= 11 is 0. The molecule has 3 N–H and O–H groups in total. The first-order valence-electron chi connectivity index (χ1n) is 5.01. The minimum absolute atomic E-state index is 0.152. The van der Waals surface area contributed by atoms with E-state index in [0.717, 1.165) is 6.20 Å². The molecule has 0 saturated heterocycles. The lowest BCUT2D eigenvalue weighted by molar-refractivity contribution is 0.0692. The summed E-state index contributed by atoms with van der Waals surface area (Å²) < 4.78 is 27.4. The third-order valence-electron chi connectivity index (χ3n) is 2.17. The van der Waals surface area contributed by atoms with Gasteiger partial charge in [-0.15, -0.1) is 0 Å². The summed E-state index contributed by atoms with van der Waals surface area (Å²) in [7, 11) is -2.38. The predicted molar refractivity (Wildman–Crippen MR) is 60.6 cm³/mol. The molecule has 0 atom stereocenters. The number of hydrogen-bond acceptors (Lipinski definition) is 6. The molecule has 0 amide bonds. The van der Waals surface area contributed by atoms with Crippen molar-refractivity contribution in [1.29, 1.82) is 0 Å². The van der Waals surface area contributed by atoms with E-state index in [1.54, 1.807) is 7.05 Å². The Labute approximate surface area is 107 Å².